The molecule has 0 aromatic carbocycles. The lowest BCUT2D eigenvalue weighted by Crippen LogP contribution is -2.38. The fourth-order valence-electron chi connectivity index (χ4n) is 1.85. The highest BCUT2D eigenvalue weighted by Gasteiger charge is 2.09. The van der Waals surface area contributed by atoms with E-state index < -0.39 is 0 Å². The standard InChI is InChI=1S/C15H29N5O.HI/c1-5-6-7-10-17-15(16-4)18-11-8-9-13-19-14(12(2)3)20-21-13;/h12H,5-11H2,1-4H3,(H2,16,17,18);1H. The summed E-state index contributed by atoms with van der Waals surface area (Å²) in [5.74, 6) is 2.67. The van der Waals surface area contributed by atoms with E-state index in [1.165, 1.54) is 19.3 Å². The molecule has 0 spiro atoms. The first kappa shape index (κ1) is 21.1. The van der Waals surface area contributed by atoms with E-state index in [0.717, 1.165) is 37.7 Å². The van der Waals surface area contributed by atoms with Gasteiger partial charge in [0.1, 0.15) is 0 Å². The molecule has 0 unspecified atom stereocenters. The van der Waals surface area contributed by atoms with Crippen LogP contribution in [0.5, 0.6) is 0 Å². The summed E-state index contributed by atoms with van der Waals surface area (Å²) >= 11 is 0. The minimum absolute atomic E-state index is 0. The number of nitrogens with zero attached hydrogens (tertiary/aromatic N) is 3. The molecule has 0 atom stereocenters. The van der Waals surface area contributed by atoms with E-state index in [2.05, 4.69) is 46.5 Å². The van der Waals surface area contributed by atoms with Crippen molar-refractivity contribution in [1.29, 1.82) is 0 Å². The Labute approximate surface area is 150 Å². The molecule has 0 aliphatic heterocycles. The van der Waals surface area contributed by atoms with E-state index in [1.54, 1.807) is 7.05 Å². The molecule has 0 bridgehead atoms. The molecule has 2 N–H and O–H groups in total. The maximum absolute atomic E-state index is 5.22. The maximum Gasteiger partial charge on any atom is 0.226 e. The van der Waals surface area contributed by atoms with Crippen molar-refractivity contribution in [2.45, 2.75) is 58.8 Å². The minimum Gasteiger partial charge on any atom is -0.356 e. The lowest BCUT2D eigenvalue weighted by atomic mass is 10.2. The van der Waals surface area contributed by atoms with Gasteiger partial charge in [-0.05, 0) is 12.8 Å². The fraction of sp³-hybridized carbons (Fsp3) is 0.800. The zero-order chi connectivity index (χ0) is 15.5. The molecule has 0 saturated heterocycles. The number of rotatable bonds is 9. The Morgan fingerprint density at radius 3 is 2.41 bits per heavy atom. The first-order chi connectivity index (χ1) is 10.2. The zero-order valence-corrected chi connectivity index (χ0v) is 16.5. The number of aromatic nitrogens is 2. The first-order valence-corrected chi connectivity index (χ1v) is 7.94. The van der Waals surface area contributed by atoms with Gasteiger partial charge in [-0.15, -0.1) is 24.0 Å². The van der Waals surface area contributed by atoms with E-state index in [4.69, 9.17) is 4.52 Å². The lowest BCUT2D eigenvalue weighted by Gasteiger charge is -2.10. The second kappa shape index (κ2) is 12.7. The molecule has 0 saturated carbocycles. The van der Waals surface area contributed by atoms with E-state index in [0.29, 0.717) is 11.8 Å². The number of halogens is 1. The van der Waals surface area contributed by atoms with Crippen LogP contribution in [0.2, 0.25) is 0 Å². The highest BCUT2D eigenvalue weighted by atomic mass is 127. The van der Waals surface area contributed by atoms with Gasteiger partial charge in [0.2, 0.25) is 5.89 Å². The van der Waals surface area contributed by atoms with E-state index >= 15 is 0 Å². The van der Waals surface area contributed by atoms with Gasteiger partial charge in [-0.1, -0.05) is 38.8 Å². The van der Waals surface area contributed by atoms with Crippen molar-refractivity contribution in [3.63, 3.8) is 0 Å². The van der Waals surface area contributed by atoms with Crippen molar-refractivity contribution in [2.75, 3.05) is 20.1 Å². The van der Waals surface area contributed by atoms with Crippen LogP contribution in [0.3, 0.4) is 0 Å². The summed E-state index contributed by atoms with van der Waals surface area (Å²) in [5, 5.41) is 10.6. The Kier molecular flexibility index (Phi) is 12.2. The topological polar surface area (TPSA) is 75.3 Å². The van der Waals surface area contributed by atoms with Crippen molar-refractivity contribution in [3.05, 3.63) is 11.7 Å². The third-order valence-corrected chi connectivity index (χ3v) is 3.16. The van der Waals surface area contributed by atoms with Gasteiger partial charge in [-0.2, -0.15) is 4.98 Å². The van der Waals surface area contributed by atoms with Crippen molar-refractivity contribution in [2.24, 2.45) is 4.99 Å². The fourth-order valence-corrected chi connectivity index (χ4v) is 1.85. The van der Waals surface area contributed by atoms with Crippen molar-refractivity contribution < 1.29 is 4.52 Å². The minimum atomic E-state index is 0. The van der Waals surface area contributed by atoms with Crippen LogP contribution in [0.1, 0.15) is 64.1 Å². The summed E-state index contributed by atoms with van der Waals surface area (Å²) in [6, 6.07) is 0. The Morgan fingerprint density at radius 2 is 1.86 bits per heavy atom. The van der Waals surface area contributed by atoms with E-state index in [-0.39, 0.29) is 24.0 Å². The quantitative estimate of drug-likeness (QED) is 0.276. The molecule has 0 aliphatic rings. The maximum atomic E-state index is 5.22. The molecule has 1 aromatic rings. The summed E-state index contributed by atoms with van der Waals surface area (Å²) in [4.78, 5) is 8.57. The van der Waals surface area contributed by atoms with Gasteiger partial charge in [0.25, 0.3) is 0 Å². The Hall–Kier alpha value is -0.860. The van der Waals surface area contributed by atoms with Gasteiger partial charge < -0.3 is 15.2 Å². The second-order valence-corrected chi connectivity index (χ2v) is 5.44. The van der Waals surface area contributed by atoms with Gasteiger partial charge in [0.05, 0.1) is 0 Å². The molecule has 0 radical (unpaired) electrons. The van der Waals surface area contributed by atoms with Crippen LogP contribution in [0.15, 0.2) is 9.52 Å². The average Bonchev–Trinajstić information content (AvgIpc) is 2.94. The molecular weight excluding hydrogens is 393 g/mol. The van der Waals surface area contributed by atoms with Crippen LogP contribution >= 0.6 is 24.0 Å². The number of nitrogens with one attached hydrogen (secondary N) is 2. The third kappa shape index (κ3) is 8.55. The Bertz CT molecular complexity index is 420. The first-order valence-electron chi connectivity index (χ1n) is 7.94. The second-order valence-electron chi connectivity index (χ2n) is 5.44. The molecule has 1 heterocycles. The molecule has 0 aliphatic carbocycles. The summed E-state index contributed by atoms with van der Waals surface area (Å²) < 4.78 is 5.22. The van der Waals surface area contributed by atoms with Gasteiger partial charge in [-0.25, -0.2) is 0 Å². The van der Waals surface area contributed by atoms with Crippen LogP contribution in [0.25, 0.3) is 0 Å². The van der Waals surface area contributed by atoms with E-state index in [1.807, 2.05) is 0 Å². The summed E-state index contributed by atoms with van der Waals surface area (Å²) in [6.07, 6.45) is 5.39. The lowest BCUT2D eigenvalue weighted by molar-refractivity contribution is 0.368. The molecule has 1 aromatic heterocycles. The van der Waals surface area contributed by atoms with Gasteiger partial charge >= 0.3 is 0 Å². The van der Waals surface area contributed by atoms with Crippen LogP contribution in [-0.4, -0.2) is 36.2 Å². The molecule has 0 fully saturated rings. The van der Waals surface area contributed by atoms with Crippen LogP contribution in [-0.2, 0) is 6.42 Å². The predicted octanol–water partition coefficient (Wildman–Crippen LogP) is 3.10. The van der Waals surface area contributed by atoms with Gasteiger partial charge in [-0.3, -0.25) is 4.99 Å². The number of guanidine groups is 1. The van der Waals surface area contributed by atoms with Crippen LogP contribution in [0, 0.1) is 0 Å². The molecule has 1 rings (SSSR count). The monoisotopic (exact) mass is 423 g/mol. The smallest absolute Gasteiger partial charge is 0.226 e. The molecule has 6 nitrogen and oxygen atoms in total. The molecule has 128 valence electrons. The largest absolute Gasteiger partial charge is 0.356 e. The van der Waals surface area contributed by atoms with Crippen molar-refractivity contribution in [1.82, 2.24) is 20.8 Å². The number of hydrogen-bond donors (Lipinski definition) is 2. The van der Waals surface area contributed by atoms with Crippen molar-refractivity contribution >= 4 is 29.9 Å². The number of hydrogen-bond acceptors (Lipinski definition) is 4. The zero-order valence-electron chi connectivity index (χ0n) is 14.2. The number of aliphatic imine (C=N–C) groups is 1. The van der Waals surface area contributed by atoms with Crippen molar-refractivity contribution in [3.8, 4) is 0 Å². The number of unbranched alkanes of at least 4 members (excludes halogenated alkanes) is 2. The van der Waals surface area contributed by atoms with Gasteiger partial charge in [0, 0.05) is 32.5 Å². The summed E-state index contributed by atoms with van der Waals surface area (Å²) in [7, 11) is 1.79. The Morgan fingerprint density at radius 1 is 1.18 bits per heavy atom. The van der Waals surface area contributed by atoms with Gasteiger partial charge in [0.15, 0.2) is 11.8 Å². The summed E-state index contributed by atoms with van der Waals surface area (Å²) in [6.45, 7) is 8.13. The van der Waals surface area contributed by atoms with E-state index in [9.17, 15) is 0 Å². The molecular formula is C15H30IN5O. The third-order valence-electron chi connectivity index (χ3n) is 3.16. The molecule has 7 heteroatoms. The highest BCUT2D eigenvalue weighted by molar-refractivity contribution is 14.0. The highest BCUT2D eigenvalue weighted by Crippen LogP contribution is 2.10. The molecule has 0 amide bonds. The Balaban J connectivity index is 0.00000441. The molecule has 22 heavy (non-hydrogen) atoms. The SMILES string of the molecule is CCCCCNC(=NC)NCCCc1nc(C(C)C)no1.I. The van der Waals surface area contributed by atoms with Crippen LogP contribution < -0.4 is 10.6 Å². The number of aryl methyl sites for hydroxylation is 1. The predicted molar refractivity (Wildman–Crippen MR) is 101 cm³/mol. The van der Waals surface area contributed by atoms with Crippen LogP contribution in [0.4, 0.5) is 0 Å². The summed E-state index contributed by atoms with van der Waals surface area (Å²) in [5.41, 5.74) is 0. The average molecular weight is 423 g/mol. The normalized spacial score (nSPS) is 11.4.